The van der Waals surface area contributed by atoms with Gasteiger partial charge in [-0.3, -0.25) is 14.4 Å². The van der Waals surface area contributed by atoms with Gasteiger partial charge in [0, 0.05) is 29.6 Å². The number of ether oxygens (including phenoxy) is 1. The third kappa shape index (κ3) is 4.42. The molecular weight excluding hydrogens is 506 g/mol. The Kier molecular flexibility index (Phi) is 7.44. The lowest BCUT2D eigenvalue weighted by molar-refractivity contribution is -0.148. The summed E-state index contributed by atoms with van der Waals surface area (Å²) >= 11 is 0. The standard InChI is InChI=1S/C29H33NO9/c1-4-5-10-39-19(32)9-7-14-6-8-16-20(13(2)3)17-11-15-12-18(31)23(28(30)37)27(36)29(15,38)26(35)22(17)25(34)21(16)24(14)33/h6-9,13,15,17,20,33-34,36,38H,4-5,10-12H2,1-3H3,(H2,30,37)/b9-7+/t15-,17+,20?,29-/m0/s1. The number of amides is 1. The van der Waals surface area contributed by atoms with Gasteiger partial charge in [0.25, 0.3) is 5.91 Å². The number of Topliss-reactive ketones (excluding diaryl/α,β-unsaturated/α-hetero) is 2. The van der Waals surface area contributed by atoms with Crippen molar-refractivity contribution in [1.29, 1.82) is 0 Å². The zero-order valence-electron chi connectivity index (χ0n) is 22.1. The van der Waals surface area contributed by atoms with Crippen molar-refractivity contribution in [2.75, 3.05) is 6.61 Å². The van der Waals surface area contributed by atoms with Gasteiger partial charge in [-0.05, 0) is 42.2 Å². The Bertz CT molecular complexity index is 1350. The number of ketones is 2. The number of hydrogen-bond donors (Lipinski definition) is 5. The van der Waals surface area contributed by atoms with E-state index in [4.69, 9.17) is 10.5 Å². The van der Waals surface area contributed by atoms with E-state index in [1.807, 2.05) is 20.8 Å². The lowest BCUT2D eigenvalue weighted by Gasteiger charge is -2.49. The average molecular weight is 540 g/mol. The fraction of sp³-hybridized carbons (Fsp3) is 0.448. The van der Waals surface area contributed by atoms with E-state index >= 15 is 0 Å². The molecule has 0 radical (unpaired) electrons. The number of benzene rings is 1. The van der Waals surface area contributed by atoms with Gasteiger partial charge in [-0.25, -0.2) is 4.79 Å². The third-order valence-electron chi connectivity index (χ3n) is 8.03. The van der Waals surface area contributed by atoms with Gasteiger partial charge in [0.15, 0.2) is 11.4 Å². The molecule has 1 unspecified atom stereocenters. The molecule has 10 nitrogen and oxygen atoms in total. The molecule has 39 heavy (non-hydrogen) atoms. The Morgan fingerprint density at radius 3 is 2.51 bits per heavy atom. The maximum Gasteiger partial charge on any atom is 0.330 e. The summed E-state index contributed by atoms with van der Waals surface area (Å²) in [6.07, 6.45) is 3.74. The van der Waals surface area contributed by atoms with E-state index < -0.39 is 63.9 Å². The first-order valence-corrected chi connectivity index (χ1v) is 13.0. The minimum Gasteiger partial charge on any atom is -0.508 e. The summed E-state index contributed by atoms with van der Waals surface area (Å²) in [4.78, 5) is 50.3. The van der Waals surface area contributed by atoms with E-state index in [0.29, 0.717) is 12.0 Å². The zero-order chi connectivity index (χ0) is 28.8. The van der Waals surface area contributed by atoms with E-state index in [-0.39, 0.29) is 47.8 Å². The minimum absolute atomic E-state index is 0.0256. The number of aromatic hydroxyl groups is 1. The van der Waals surface area contributed by atoms with Crippen molar-refractivity contribution in [3.05, 3.63) is 51.8 Å². The predicted octanol–water partition coefficient (Wildman–Crippen LogP) is 2.98. The number of carbonyl (C=O) groups excluding carboxylic acids is 4. The molecular formula is C29H33NO9. The SMILES string of the molecule is CCCCOC(=O)/C=C/c1ccc2c(c1O)C(O)=C1C(=O)[C@]3(O)C(O)=C(C(N)=O)C(=O)C[C@@H]3C[C@@H]1C2C(C)C. The molecule has 4 rings (SSSR count). The molecule has 0 bridgehead atoms. The molecule has 10 heteroatoms. The lowest BCUT2D eigenvalue weighted by Crippen LogP contribution is -2.58. The summed E-state index contributed by atoms with van der Waals surface area (Å²) in [5.74, 6) is -7.94. The molecule has 1 amide bonds. The molecule has 0 aromatic heterocycles. The van der Waals surface area contributed by atoms with Crippen molar-refractivity contribution in [3.63, 3.8) is 0 Å². The van der Waals surface area contributed by atoms with Crippen LogP contribution in [0, 0.1) is 17.8 Å². The fourth-order valence-electron chi connectivity index (χ4n) is 6.18. The first-order valence-electron chi connectivity index (χ1n) is 13.0. The van der Waals surface area contributed by atoms with Crippen LogP contribution in [0.3, 0.4) is 0 Å². The first kappa shape index (κ1) is 28.1. The van der Waals surface area contributed by atoms with E-state index in [9.17, 15) is 39.6 Å². The second-order valence-corrected chi connectivity index (χ2v) is 10.7. The molecule has 0 heterocycles. The van der Waals surface area contributed by atoms with Crippen LogP contribution in [0.25, 0.3) is 11.8 Å². The number of nitrogens with two attached hydrogens (primary N) is 1. The van der Waals surface area contributed by atoms with Crippen molar-refractivity contribution < 1.29 is 44.3 Å². The van der Waals surface area contributed by atoms with Crippen LogP contribution < -0.4 is 5.73 Å². The summed E-state index contributed by atoms with van der Waals surface area (Å²) in [6.45, 7) is 6.04. The van der Waals surface area contributed by atoms with Gasteiger partial charge >= 0.3 is 5.97 Å². The highest BCUT2D eigenvalue weighted by atomic mass is 16.5. The average Bonchev–Trinajstić information content (AvgIpc) is 2.85. The number of carbonyl (C=O) groups is 4. The van der Waals surface area contributed by atoms with Crippen molar-refractivity contribution in [2.24, 2.45) is 23.5 Å². The highest BCUT2D eigenvalue weighted by Gasteiger charge is 2.61. The Morgan fingerprint density at radius 1 is 1.21 bits per heavy atom. The number of aliphatic hydroxyl groups excluding tert-OH is 2. The molecule has 1 saturated carbocycles. The Balaban J connectivity index is 1.85. The molecule has 0 spiro atoms. The van der Waals surface area contributed by atoms with Gasteiger partial charge in [-0.15, -0.1) is 0 Å². The Hall–Kier alpha value is -3.92. The number of aliphatic hydroxyl groups is 3. The van der Waals surface area contributed by atoms with Crippen molar-refractivity contribution in [3.8, 4) is 5.75 Å². The zero-order valence-corrected chi connectivity index (χ0v) is 22.1. The van der Waals surface area contributed by atoms with Crippen LogP contribution in [0.4, 0.5) is 0 Å². The normalized spacial score (nSPS) is 26.5. The summed E-state index contributed by atoms with van der Waals surface area (Å²) < 4.78 is 5.09. The van der Waals surface area contributed by atoms with Crippen LogP contribution in [0.15, 0.2) is 35.1 Å². The van der Waals surface area contributed by atoms with Crippen molar-refractivity contribution in [1.82, 2.24) is 0 Å². The van der Waals surface area contributed by atoms with Gasteiger partial charge < -0.3 is 30.9 Å². The van der Waals surface area contributed by atoms with E-state index in [0.717, 1.165) is 12.5 Å². The fourth-order valence-corrected chi connectivity index (χ4v) is 6.18. The van der Waals surface area contributed by atoms with Gasteiger partial charge in [0.2, 0.25) is 5.78 Å². The second kappa shape index (κ2) is 10.3. The number of esters is 1. The number of rotatable bonds is 7. The maximum atomic E-state index is 13.8. The first-order chi connectivity index (χ1) is 18.4. The van der Waals surface area contributed by atoms with Gasteiger partial charge in [-0.1, -0.05) is 39.3 Å². The number of phenols is 1. The molecule has 3 aliphatic rings. The monoisotopic (exact) mass is 539 g/mol. The van der Waals surface area contributed by atoms with E-state index in [1.165, 1.54) is 6.08 Å². The van der Waals surface area contributed by atoms with Crippen LogP contribution in [0.1, 0.15) is 69.1 Å². The number of primary amides is 1. The molecule has 3 aliphatic carbocycles. The number of unbranched alkanes of at least 4 members (excludes halogenated alkanes) is 1. The van der Waals surface area contributed by atoms with Gasteiger partial charge in [0.1, 0.15) is 22.8 Å². The van der Waals surface area contributed by atoms with E-state index in [1.54, 1.807) is 12.1 Å². The number of fused-ring (bicyclic) bond motifs is 3. The molecule has 6 N–H and O–H groups in total. The summed E-state index contributed by atoms with van der Waals surface area (Å²) in [5.41, 5.74) is 2.30. The highest BCUT2D eigenvalue weighted by Crippen LogP contribution is 2.57. The van der Waals surface area contributed by atoms with Crippen molar-refractivity contribution in [2.45, 2.75) is 58.0 Å². The maximum absolute atomic E-state index is 13.8. The topological polar surface area (TPSA) is 184 Å². The largest absolute Gasteiger partial charge is 0.508 e. The van der Waals surface area contributed by atoms with Crippen molar-refractivity contribution >= 4 is 35.3 Å². The molecule has 1 aromatic carbocycles. The molecule has 0 aliphatic heterocycles. The van der Waals surface area contributed by atoms with Gasteiger partial charge in [-0.2, -0.15) is 0 Å². The summed E-state index contributed by atoms with van der Waals surface area (Å²) in [5, 5.41) is 44.8. The molecule has 208 valence electrons. The third-order valence-corrected chi connectivity index (χ3v) is 8.03. The summed E-state index contributed by atoms with van der Waals surface area (Å²) in [7, 11) is 0. The van der Waals surface area contributed by atoms with Crippen LogP contribution in [0.5, 0.6) is 5.75 Å². The Morgan fingerprint density at radius 2 is 1.90 bits per heavy atom. The quantitative estimate of drug-likeness (QED) is 0.150. The Labute approximate surface area is 225 Å². The predicted molar refractivity (Wildman–Crippen MR) is 140 cm³/mol. The number of phenolic OH excluding ortho intramolecular Hbond substituents is 1. The smallest absolute Gasteiger partial charge is 0.330 e. The van der Waals surface area contributed by atoms with Crippen LogP contribution in [0.2, 0.25) is 0 Å². The molecule has 1 fully saturated rings. The number of hydrogen-bond acceptors (Lipinski definition) is 9. The van der Waals surface area contributed by atoms with Crippen LogP contribution in [-0.4, -0.2) is 56.1 Å². The molecule has 1 aromatic rings. The van der Waals surface area contributed by atoms with Gasteiger partial charge in [0.05, 0.1) is 12.2 Å². The summed E-state index contributed by atoms with van der Waals surface area (Å²) in [6, 6.07) is 3.30. The molecule has 4 atom stereocenters. The van der Waals surface area contributed by atoms with Crippen LogP contribution >= 0.6 is 0 Å². The highest BCUT2D eigenvalue weighted by molar-refractivity contribution is 6.22. The second-order valence-electron chi connectivity index (χ2n) is 10.7. The van der Waals surface area contributed by atoms with Crippen LogP contribution in [-0.2, 0) is 23.9 Å². The molecule has 0 saturated heterocycles. The minimum atomic E-state index is -2.63. The van der Waals surface area contributed by atoms with E-state index in [2.05, 4.69) is 0 Å². The lowest BCUT2D eigenvalue weighted by atomic mass is 9.55.